The van der Waals surface area contributed by atoms with Crippen molar-refractivity contribution in [2.45, 2.75) is 32.2 Å². The van der Waals surface area contributed by atoms with Crippen molar-refractivity contribution in [2.75, 3.05) is 0 Å². The number of nitrogens with zero attached hydrogens (tertiary/aromatic N) is 1. The first-order valence-corrected chi connectivity index (χ1v) is 8.93. The summed E-state index contributed by atoms with van der Waals surface area (Å²) in [6.45, 7) is 7.98. The van der Waals surface area contributed by atoms with Gasteiger partial charge in [-0.3, -0.25) is 0 Å². The van der Waals surface area contributed by atoms with E-state index in [4.69, 9.17) is 16.0 Å². The highest BCUT2D eigenvalue weighted by Crippen LogP contribution is 2.29. The van der Waals surface area contributed by atoms with E-state index in [9.17, 15) is 5.26 Å². The fourth-order valence-corrected chi connectivity index (χ4v) is 3.12. The van der Waals surface area contributed by atoms with Crippen LogP contribution in [0.5, 0.6) is 0 Å². The van der Waals surface area contributed by atoms with E-state index in [1.165, 1.54) is 0 Å². The topological polar surface area (TPSA) is 33.0 Å². The summed E-state index contributed by atoms with van der Waals surface area (Å²) >= 11 is 5.93. The lowest BCUT2D eigenvalue weighted by Gasteiger charge is -2.30. The molecule has 0 aliphatic carbocycles. The number of benzene rings is 1. The fourth-order valence-electron chi connectivity index (χ4n) is 1.54. The van der Waals surface area contributed by atoms with Gasteiger partial charge in [0.2, 0.25) is 0 Å². The number of hydrogen-bond donors (Lipinski definition) is 0. The summed E-state index contributed by atoms with van der Waals surface area (Å²) in [6.07, 6.45) is 0. The first-order chi connectivity index (χ1) is 7.27. The van der Waals surface area contributed by atoms with Gasteiger partial charge in [0.25, 0.3) is 0 Å². The highest BCUT2D eigenvalue weighted by atomic mass is 35.5. The molecule has 0 bridgehead atoms. The smallest absolute Gasteiger partial charge is 0.186 e. The van der Waals surface area contributed by atoms with Crippen LogP contribution < -0.4 is 0 Å². The van der Waals surface area contributed by atoms with Gasteiger partial charge in [-0.2, -0.15) is 5.26 Å². The van der Waals surface area contributed by atoms with Crippen LogP contribution in [0.2, 0.25) is 24.7 Å². The molecular formula is C12H16ClNOSi. The molecule has 2 nitrogen and oxygen atoms in total. The summed E-state index contributed by atoms with van der Waals surface area (Å²) in [5, 5.41) is 9.92. The second-order valence-electron chi connectivity index (χ2n) is 4.87. The SMILES string of the molecule is C[C@@](C#N)(O[Si](C)(C)C)c1cccc(Cl)c1. The third kappa shape index (κ3) is 3.34. The summed E-state index contributed by atoms with van der Waals surface area (Å²) in [5.74, 6) is 0. The van der Waals surface area contributed by atoms with E-state index in [2.05, 4.69) is 25.7 Å². The zero-order valence-electron chi connectivity index (χ0n) is 10.0. The highest BCUT2D eigenvalue weighted by Gasteiger charge is 2.33. The third-order valence-corrected chi connectivity index (χ3v) is 3.35. The van der Waals surface area contributed by atoms with Crippen molar-refractivity contribution >= 4 is 19.9 Å². The van der Waals surface area contributed by atoms with Gasteiger partial charge in [0.15, 0.2) is 13.9 Å². The van der Waals surface area contributed by atoms with Crippen molar-refractivity contribution in [1.29, 1.82) is 5.26 Å². The summed E-state index contributed by atoms with van der Waals surface area (Å²) in [7, 11) is -1.78. The van der Waals surface area contributed by atoms with E-state index in [0.717, 1.165) is 5.56 Å². The zero-order chi connectivity index (χ0) is 12.4. The van der Waals surface area contributed by atoms with Gasteiger partial charge < -0.3 is 4.43 Å². The molecule has 16 heavy (non-hydrogen) atoms. The number of rotatable bonds is 3. The van der Waals surface area contributed by atoms with E-state index in [-0.39, 0.29) is 0 Å². The van der Waals surface area contributed by atoms with E-state index in [1.807, 2.05) is 12.1 Å². The Morgan fingerprint density at radius 3 is 2.44 bits per heavy atom. The number of hydrogen-bond acceptors (Lipinski definition) is 2. The van der Waals surface area contributed by atoms with Crippen LogP contribution in [0.3, 0.4) is 0 Å². The van der Waals surface area contributed by atoms with Gasteiger partial charge in [-0.25, -0.2) is 0 Å². The maximum Gasteiger partial charge on any atom is 0.186 e. The van der Waals surface area contributed by atoms with Gasteiger partial charge in [-0.1, -0.05) is 23.7 Å². The molecule has 86 valence electrons. The molecule has 0 N–H and O–H groups in total. The van der Waals surface area contributed by atoms with Gasteiger partial charge in [0, 0.05) is 5.02 Å². The van der Waals surface area contributed by atoms with Crippen molar-refractivity contribution < 1.29 is 4.43 Å². The van der Waals surface area contributed by atoms with Gasteiger partial charge in [-0.05, 0) is 44.3 Å². The minimum atomic E-state index is -1.78. The van der Waals surface area contributed by atoms with Crippen LogP contribution in [-0.4, -0.2) is 8.32 Å². The Hall–Kier alpha value is -0.823. The predicted octanol–water partition coefficient (Wildman–Crippen LogP) is 3.93. The van der Waals surface area contributed by atoms with Gasteiger partial charge >= 0.3 is 0 Å². The Kier molecular flexibility index (Phi) is 3.79. The van der Waals surface area contributed by atoms with Crippen LogP contribution in [0.25, 0.3) is 0 Å². The Morgan fingerprint density at radius 2 is 2.00 bits per heavy atom. The average Bonchev–Trinajstić information content (AvgIpc) is 2.15. The molecule has 0 unspecified atom stereocenters. The molecule has 0 amide bonds. The van der Waals surface area contributed by atoms with Gasteiger partial charge in [0.1, 0.15) is 6.07 Å². The van der Waals surface area contributed by atoms with E-state index in [0.29, 0.717) is 5.02 Å². The molecule has 1 aromatic rings. The quantitative estimate of drug-likeness (QED) is 0.765. The van der Waals surface area contributed by atoms with Crippen LogP contribution >= 0.6 is 11.6 Å². The van der Waals surface area contributed by atoms with Crippen LogP contribution in [-0.2, 0) is 10.0 Å². The van der Waals surface area contributed by atoms with E-state index < -0.39 is 13.9 Å². The zero-order valence-corrected chi connectivity index (χ0v) is 11.8. The molecule has 0 fully saturated rings. The Balaban J connectivity index is 3.11. The Morgan fingerprint density at radius 1 is 1.38 bits per heavy atom. The summed E-state index contributed by atoms with van der Waals surface area (Å²) in [6, 6.07) is 9.51. The largest absolute Gasteiger partial charge is 0.397 e. The van der Waals surface area contributed by atoms with Crippen LogP contribution in [0.4, 0.5) is 0 Å². The monoisotopic (exact) mass is 253 g/mol. The predicted molar refractivity (Wildman–Crippen MR) is 68.8 cm³/mol. The Labute approximate surface area is 103 Å². The van der Waals surface area contributed by atoms with Gasteiger partial charge in [0.05, 0.1) is 0 Å². The lowest BCUT2D eigenvalue weighted by atomic mass is 9.98. The molecule has 0 spiro atoms. The van der Waals surface area contributed by atoms with Crippen molar-refractivity contribution in [2.24, 2.45) is 0 Å². The molecule has 0 radical (unpaired) electrons. The van der Waals surface area contributed by atoms with Crippen LogP contribution in [0.15, 0.2) is 24.3 Å². The molecule has 0 aliphatic heterocycles. The normalized spacial score (nSPS) is 15.2. The van der Waals surface area contributed by atoms with E-state index in [1.54, 1.807) is 19.1 Å². The van der Waals surface area contributed by atoms with Crippen molar-refractivity contribution in [3.63, 3.8) is 0 Å². The molecule has 0 heterocycles. The van der Waals surface area contributed by atoms with Gasteiger partial charge in [-0.15, -0.1) is 0 Å². The van der Waals surface area contributed by atoms with Crippen LogP contribution in [0, 0.1) is 11.3 Å². The molecule has 0 saturated carbocycles. The van der Waals surface area contributed by atoms with Crippen molar-refractivity contribution in [1.82, 2.24) is 0 Å². The minimum Gasteiger partial charge on any atom is -0.397 e. The number of nitriles is 1. The van der Waals surface area contributed by atoms with Crippen molar-refractivity contribution in [3.8, 4) is 6.07 Å². The number of halogens is 1. The molecule has 1 rings (SSSR count). The summed E-state index contributed by atoms with van der Waals surface area (Å²) < 4.78 is 5.93. The third-order valence-electron chi connectivity index (χ3n) is 2.10. The molecule has 0 saturated heterocycles. The summed E-state index contributed by atoms with van der Waals surface area (Å²) in [5.41, 5.74) is -0.0973. The molecule has 0 aromatic heterocycles. The average molecular weight is 254 g/mol. The van der Waals surface area contributed by atoms with Crippen LogP contribution in [0.1, 0.15) is 12.5 Å². The maximum atomic E-state index is 9.30. The molecule has 0 aliphatic rings. The molecule has 4 heteroatoms. The lowest BCUT2D eigenvalue weighted by molar-refractivity contribution is 0.141. The minimum absolute atomic E-state index is 0.623. The lowest BCUT2D eigenvalue weighted by Crippen LogP contribution is -2.37. The first-order valence-electron chi connectivity index (χ1n) is 5.14. The maximum absolute atomic E-state index is 9.30. The second kappa shape index (κ2) is 4.58. The first kappa shape index (κ1) is 13.2. The van der Waals surface area contributed by atoms with Crippen molar-refractivity contribution in [3.05, 3.63) is 34.9 Å². The fraction of sp³-hybridized carbons (Fsp3) is 0.417. The molecule has 1 aromatic carbocycles. The summed E-state index contributed by atoms with van der Waals surface area (Å²) in [4.78, 5) is 0. The second-order valence-corrected chi connectivity index (χ2v) is 9.74. The Bertz CT molecular complexity index is 422. The standard InChI is InChI=1S/C12H16ClNOSi/c1-12(9-14,15-16(2,3)4)10-6-5-7-11(13)8-10/h5-8H,1-4H3/t12-/m0/s1. The molecule has 1 atom stereocenters. The van der Waals surface area contributed by atoms with E-state index >= 15 is 0 Å². The highest BCUT2D eigenvalue weighted by molar-refractivity contribution is 6.69. The molecular weight excluding hydrogens is 238 g/mol.